The Kier molecular flexibility index (Phi) is 5.26. The number of anilines is 1. The third kappa shape index (κ3) is 3.91. The van der Waals surface area contributed by atoms with Crippen molar-refractivity contribution in [2.45, 2.75) is 0 Å². The number of hydrogen-bond acceptors (Lipinski definition) is 6. The average molecular weight is 466 g/mol. The fourth-order valence-corrected chi connectivity index (χ4v) is 3.48. The lowest BCUT2D eigenvalue weighted by molar-refractivity contribution is 0.0997. The van der Waals surface area contributed by atoms with Gasteiger partial charge in [-0.2, -0.15) is 4.98 Å². The van der Waals surface area contributed by atoms with Gasteiger partial charge in [-0.3, -0.25) is 4.79 Å². The third-order valence-electron chi connectivity index (χ3n) is 4.60. The van der Waals surface area contributed by atoms with E-state index in [2.05, 4.69) is 15.5 Å². The number of carbonyl (C=O) groups is 1. The minimum Gasteiger partial charge on any atom is -0.461 e. The molecule has 0 atom stereocenters. The lowest BCUT2D eigenvalue weighted by atomic mass is 10.1. The third-order valence-corrected chi connectivity index (χ3v) is 5.16. The van der Waals surface area contributed by atoms with Gasteiger partial charge in [-0.05, 0) is 54.6 Å². The van der Waals surface area contributed by atoms with Crippen LogP contribution in [0, 0.1) is 0 Å². The maximum absolute atomic E-state index is 12.8. The Morgan fingerprint density at radius 2 is 1.78 bits per heavy atom. The molecular weight excluding hydrogens is 453 g/mol. The van der Waals surface area contributed by atoms with E-state index in [1.54, 1.807) is 66.7 Å². The summed E-state index contributed by atoms with van der Waals surface area (Å²) in [5.41, 5.74) is 1.62. The Morgan fingerprint density at radius 1 is 0.906 bits per heavy atom. The Hall–Kier alpha value is -3.81. The van der Waals surface area contributed by atoms with Crippen molar-refractivity contribution in [2.24, 2.45) is 0 Å². The van der Waals surface area contributed by atoms with E-state index in [1.807, 2.05) is 0 Å². The van der Waals surface area contributed by atoms with Crippen LogP contribution in [0.25, 0.3) is 34.4 Å². The van der Waals surface area contributed by atoms with E-state index >= 15 is 0 Å². The SMILES string of the molecule is O=C(Nc1ccccc1-c1nc(-c2ccco2)no1)c1ccc(-c2cc(Cl)ccc2Cl)o1. The first-order valence-electron chi connectivity index (χ1n) is 9.42. The normalized spacial score (nSPS) is 10.9. The molecule has 1 N–H and O–H groups in total. The highest BCUT2D eigenvalue weighted by Gasteiger charge is 2.19. The van der Waals surface area contributed by atoms with Crippen LogP contribution in [0.5, 0.6) is 0 Å². The number of carbonyl (C=O) groups excluding carboxylic acids is 1. The molecule has 0 aliphatic carbocycles. The highest BCUT2D eigenvalue weighted by molar-refractivity contribution is 6.35. The maximum atomic E-state index is 12.8. The summed E-state index contributed by atoms with van der Waals surface area (Å²) >= 11 is 12.3. The van der Waals surface area contributed by atoms with Crippen LogP contribution in [0.1, 0.15) is 10.6 Å². The zero-order valence-corrected chi connectivity index (χ0v) is 17.7. The number of amides is 1. The van der Waals surface area contributed by atoms with Crippen LogP contribution in [0.2, 0.25) is 10.0 Å². The molecule has 0 saturated carbocycles. The molecule has 0 saturated heterocycles. The molecule has 1 amide bonds. The molecule has 5 aromatic rings. The van der Waals surface area contributed by atoms with Gasteiger partial charge < -0.3 is 18.7 Å². The van der Waals surface area contributed by atoms with E-state index < -0.39 is 5.91 Å². The van der Waals surface area contributed by atoms with E-state index in [-0.39, 0.29) is 11.7 Å². The summed E-state index contributed by atoms with van der Waals surface area (Å²) < 4.78 is 16.4. The van der Waals surface area contributed by atoms with Crippen molar-refractivity contribution in [3.8, 4) is 34.4 Å². The molecule has 7 nitrogen and oxygen atoms in total. The zero-order valence-electron chi connectivity index (χ0n) is 16.2. The molecule has 158 valence electrons. The number of halogens is 2. The van der Waals surface area contributed by atoms with Gasteiger partial charge in [-0.1, -0.05) is 40.5 Å². The lowest BCUT2D eigenvalue weighted by Crippen LogP contribution is -2.11. The summed E-state index contributed by atoms with van der Waals surface area (Å²) in [6.07, 6.45) is 1.52. The topological polar surface area (TPSA) is 94.3 Å². The number of hydrogen-bond donors (Lipinski definition) is 1. The maximum Gasteiger partial charge on any atom is 0.291 e. The first-order valence-corrected chi connectivity index (χ1v) is 10.2. The van der Waals surface area contributed by atoms with E-state index in [4.69, 9.17) is 36.6 Å². The van der Waals surface area contributed by atoms with Gasteiger partial charge in [0, 0.05) is 10.6 Å². The molecule has 0 aliphatic heterocycles. The largest absolute Gasteiger partial charge is 0.461 e. The number of furan rings is 2. The van der Waals surface area contributed by atoms with Gasteiger partial charge in [-0.15, -0.1) is 0 Å². The number of benzene rings is 2. The quantitative estimate of drug-likeness (QED) is 0.306. The van der Waals surface area contributed by atoms with Gasteiger partial charge in [0.05, 0.1) is 22.5 Å². The van der Waals surface area contributed by atoms with Crippen LogP contribution in [0.4, 0.5) is 5.69 Å². The van der Waals surface area contributed by atoms with Crippen LogP contribution < -0.4 is 5.32 Å². The van der Waals surface area contributed by atoms with Crippen molar-refractivity contribution in [3.63, 3.8) is 0 Å². The van der Waals surface area contributed by atoms with Crippen molar-refractivity contribution < 1.29 is 18.2 Å². The Morgan fingerprint density at radius 3 is 2.62 bits per heavy atom. The molecule has 9 heteroatoms. The second-order valence-electron chi connectivity index (χ2n) is 6.69. The highest BCUT2D eigenvalue weighted by Crippen LogP contribution is 2.33. The van der Waals surface area contributed by atoms with Crippen LogP contribution in [-0.4, -0.2) is 16.0 Å². The molecule has 0 bridgehead atoms. The lowest BCUT2D eigenvalue weighted by Gasteiger charge is -2.07. The molecule has 0 unspecified atom stereocenters. The first-order chi connectivity index (χ1) is 15.6. The second kappa shape index (κ2) is 8.37. The molecule has 0 radical (unpaired) electrons. The van der Waals surface area contributed by atoms with Gasteiger partial charge in [-0.25, -0.2) is 0 Å². The van der Waals surface area contributed by atoms with Crippen molar-refractivity contribution in [3.05, 3.63) is 88.8 Å². The van der Waals surface area contributed by atoms with Crippen LogP contribution in [0.3, 0.4) is 0 Å². The molecular formula is C23H13Cl2N3O4. The van der Waals surface area contributed by atoms with E-state index in [0.29, 0.717) is 44.2 Å². The molecule has 0 aliphatic rings. The van der Waals surface area contributed by atoms with Crippen LogP contribution >= 0.6 is 23.2 Å². The summed E-state index contributed by atoms with van der Waals surface area (Å²) in [4.78, 5) is 17.2. The molecule has 3 aromatic heterocycles. The van der Waals surface area contributed by atoms with Gasteiger partial charge in [0.25, 0.3) is 11.8 Å². The van der Waals surface area contributed by atoms with Crippen LogP contribution in [0.15, 0.2) is 86.4 Å². The fourth-order valence-electron chi connectivity index (χ4n) is 3.09. The first kappa shape index (κ1) is 20.1. The molecule has 0 fully saturated rings. The van der Waals surface area contributed by atoms with Gasteiger partial charge in [0.1, 0.15) is 5.76 Å². The standard InChI is InChI=1S/C23H13Cl2N3O4/c24-13-7-8-16(25)15(12-13)18-9-10-20(31-18)22(29)26-17-5-2-1-4-14(17)23-27-21(28-32-23)19-6-3-11-30-19/h1-12H,(H,26,29). The number of para-hydroxylation sites is 1. The summed E-state index contributed by atoms with van der Waals surface area (Å²) in [5.74, 6) is 1.10. The van der Waals surface area contributed by atoms with Crippen molar-refractivity contribution in [1.29, 1.82) is 0 Å². The Bertz CT molecular complexity index is 1410. The average Bonchev–Trinajstić information content (AvgIpc) is 3.56. The smallest absolute Gasteiger partial charge is 0.291 e. The number of aromatic nitrogens is 2. The van der Waals surface area contributed by atoms with E-state index in [0.717, 1.165) is 0 Å². The van der Waals surface area contributed by atoms with Gasteiger partial charge in [0.2, 0.25) is 5.82 Å². The van der Waals surface area contributed by atoms with Gasteiger partial charge >= 0.3 is 0 Å². The number of rotatable bonds is 5. The summed E-state index contributed by atoms with van der Waals surface area (Å²) in [7, 11) is 0. The predicted octanol–water partition coefficient (Wildman–Crippen LogP) is 6.82. The molecule has 32 heavy (non-hydrogen) atoms. The van der Waals surface area contributed by atoms with E-state index in [1.165, 1.54) is 6.26 Å². The van der Waals surface area contributed by atoms with E-state index in [9.17, 15) is 4.79 Å². The Labute approximate surface area is 191 Å². The number of nitrogens with one attached hydrogen (secondary N) is 1. The molecule has 3 heterocycles. The monoisotopic (exact) mass is 465 g/mol. The Balaban J connectivity index is 1.40. The minimum absolute atomic E-state index is 0.104. The summed E-state index contributed by atoms with van der Waals surface area (Å²) in [6.45, 7) is 0. The van der Waals surface area contributed by atoms with Crippen molar-refractivity contribution in [2.75, 3.05) is 5.32 Å². The van der Waals surface area contributed by atoms with Crippen LogP contribution in [-0.2, 0) is 0 Å². The predicted molar refractivity (Wildman–Crippen MR) is 120 cm³/mol. The highest BCUT2D eigenvalue weighted by atomic mass is 35.5. The zero-order chi connectivity index (χ0) is 22.1. The molecule has 2 aromatic carbocycles. The van der Waals surface area contributed by atoms with Gasteiger partial charge in [0.15, 0.2) is 11.5 Å². The molecule has 5 rings (SSSR count). The number of nitrogens with zero attached hydrogens (tertiary/aromatic N) is 2. The molecule has 0 spiro atoms. The second-order valence-corrected chi connectivity index (χ2v) is 7.53. The van der Waals surface area contributed by atoms with Crippen molar-refractivity contribution in [1.82, 2.24) is 10.1 Å². The minimum atomic E-state index is -0.451. The van der Waals surface area contributed by atoms with Crippen molar-refractivity contribution >= 4 is 34.8 Å². The summed E-state index contributed by atoms with van der Waals surface area (Å²) in [6, 6.07) is 18.8. The fraction of sp³-hybridized carbons (Fsp3) is 0. The summed E-state index contributed by atoms with van der Waals surface area (Å²) in [5, 5.41) is 7.72.